The topological polar surface area (TPSA) is 99.3 Å². The molecule has 1 saturated carbocycles. The molecule has 3 fully saturated rings. The van der Waals surface area contributed by atoms with Crippen LogP contribution in [0.3, 0.4) is 0 Å². The van der Waals surface area contributed by atoms with Crippen molar-refractivity contribution in [2.75, 3.05) is 31.9 Å². The number of amides is 1. The summed E-state index contributed by atoms with van der Waals surface area (Å²) in [6, 6.07) is 0. The average Bonchev–Trinajstić information content (AvgIpc) is 3.48. The van der Waals surface area contributed by atoms with Crippen molar-refractivity contribution < 1.29 is 13.2 Å². The number of likely N-dealkylation sites (tertiary alicyclic amines) is 1. The molecule has 1 aliphatic carbocycles. The number of rotatable bonds is 7. The molecule has 8 nitrogen and oxygen atoms in total. The van der Waals surface area contributed by atoms with Crippen molar-refractivity contribution in [3.8, 4) is 0 Å². The largest absolute Gasteiger partial charge is 0.342 e. The molecule has 2 aliphatic heterocycles. The Kier molecular flexibility index (Phi) is 6.24. The molecule has 0 radical (unpaired) electrons. The van der Waals surface area contributed by atoms with Crippen molar-refractivity contribution in [2.24, 2.45) is 5.92 Å². The lowest BCUT2D eigenvalue weighted by Gasteiger charge is -2.36. The van der Waals surface area contributed by atoms with Gasteiger partial charge in [0.1, 0.15) is 5.82 Å². The van der Waals surface area contributed by atoms with E-state index in [2.05, 4.69) is 15.2 Å². The summed E-state index contributed by atoms with van der Waals surface area (Å²) >= 11 is 0. The standard InChI is InChI=1S/C20H33N5O3S/c1-2-3-14-29(27,28)25-12-8-17(9-13-25)20(26)24-10-6-16(7-11-24)19-21-18(22-23-19)15-4-5-15/h15-17H,2-14H2,1H3,(H,21,22,23). The van der Waals surface area contributed by atoms with Gasteiger partial charge in [-0.3, -0.25) is 9.89 Å². The maximum atomic E-state index is 12.9. The molecule has 1 N–H and O–H groups in total. The zero-order valence-corrected chi connectivity index (χ0v) is 18.2. The van der Waals surface area contributed by atoms with Gasteiger partial charge in [0.25, 0.3) is 0 Å². The number of H-pyrrole nitrogens is 1. The third-order valence-corrected chi connectivity index (χ3v) is 8.56. The normalized spacial score (nSPS) is 22.9. The van der Waals surface area contributed by atoms with Crippen LogP contribution in [0.4, 0.5) is 0 Å². The fraction of sp³-hybridized carbons (Fsp3) is 0.850. The van der Waals surface area contributed by atoms with Crippen LogP contribution in [-0.4, -0.2) is 70.6 Å². The van der Waals surface area contributed by atoms with Gasteiger partial charge < -0.3 is 4.90 Å². The van der Waals surface area contributed by atoms with E-state index >= 15 is 0 Å². The molecule has 2 saturated heterocycles. The maximum absolute atomic E-state index is 12.9. The minimum atomic E-state index is -3.17. The Labute approximate surface area is 173 Å². The fourth-order valence-electron chi connectivity index (χ4n) is 4.46. The number of hydrogen-bond donors (Lipinski definition) is 1. The van der Waals surface area contributed by atoms with E-state index in [9.17, 15) is 13.2 Å². The van der Waals surface area contributed by atoms with Crippen molar-refractivity contribution in [3.63, 3.8) is 0 Å². The zero-order valence-electron chi connectivity index (χ0n) is 17.3. The molecule has 3 heterocycles. The first-order valence-electron chi connectivity index (χ1n) is 11.2. The van der Waals surface area contributed by atoms with Gasteiger partial charge in [-0.1, -0.05) is 13.3 Å². The summed E-state index contributed by atoms with van der Waals surface area (Å²) in [5.41, 5.74) is 0. The van der Waals surface area contributed by atoms with Gasteiger partial charge in [0.05, 0.1) is 5.75 Å². The quantitative estimate of drug-likeness (QED) is 0.725. The second kappa shape index (κ2) is 8.71. The van der Waals surface area contributed by atoms with E-state index in [0.717, 1.165) is 44.0 Å². The Bertz CT molecular complexity index is 804. The summed E-state index contributed by atoms with van der Waals surface area (Å²) < 4.78 is 26.3. The number of unbranched alkanes of at least 4 members (excludes halogenated alkanes) is 1. The van der Waals surface area contributed by atoms with Gasteiger partial charge in [0, 0.05) is 43.9 Å². The molecule has 3 aliphatic rings. The van der Waals surface area contributed by atoms with Gasteiger partial charge in [-0.2, -0.15) is 5.10 Å². The zero-order chi connectivity index (χ0) is 20.4. The van der Waals surface area contributed by atoms with E-state index < -0.39 is 10.0 Å². The number of sulfonamides is 1. The van der Waals surface area contributed by atoms with Gasteiger partial charge >= 0.3 is 0 Å². The van der Waals surface area contributed by atoms with Crippen LogP contribution in [0.1, 0.15) is 81.8 Å². The first-order chi connectivity index (χ1) is 14.0. The Morgan fingerprint density at radius 3 is 2.34 bits per heavy atom. The number of aromatic amines is 1. The molecule has 0 aromatic carbocycles. The molecule has 0 spiro atoms. The lowest BCUT2D eigenvalue weighted by atomic mass is 9.92. The van der Waals surface area contributed by atoms with E-state index in [4.69, 9.17) is 0 Å². The van der Waals surface area contributed by atoms with E-state index in [-0.39, 0.29) is 17.6 Å². The number of carbonyl (C=O) groups is 1. The van der Waals surface area contributed by atoms with Gasteiger partial charge in [0.2, 0.25) is 15.9 Å². The monoisotopic (exact) mass is 423 g/mol. The molecule has 29 heavy (non-hydrogen) atoms. The Balaban J connectivity index is 1.24. The molecule has 0 atom stereocenters. The van der Waals surface area contributed by atoms with Crippen LogP contribution in [0, 0.1) is 5.92 Å². The number of hydrogen-bond acceptors (Lipinski definition) is 5. The summed E-state index contributed by atoms with van der Waals surface area (Å²) in [5.74, 6) is 3.22. The van der Waals surface area contributed by atoms with Crippen molar-refractivity contribution in [2.45, 2.75) is 70.1 Å². The molecular weight excluding hydrogens is 390 g/mol. The second-order valence-corrected chi connectivity index (χ2v) is 10.9. The highest BCUT2D eigenvalue weighted by Gasteiger charge is 2.35. The van der Waals surface area contributed by atoms with Gasteiger partial charge in [-0.15, -0.1) is 0 Å². The van der Waals surface area contributed by atoms with E-state index in [1.54, 1.807) is 4.31 Å². The molecule has 9 heteroatoms. The van der Waals surface area contributed by atoms with Crippen LogP contribution < -0.4 is 0 Å². The first-order valence-corrected chi connectivity index (χ1v) is 12.8. The molecule has 162 valence electrons. The van der Waals surface area contributed by atoms with E-state index in [1.165, 1.54) is 12.8 Å². The highest BCUT2D eigenvalue weighted by atomic mass is 32.2. The lowest BCUT2D eigenvalue weighted by molar-refractivity contribution is -0.137. The molecule has 1 amide bonds. The molecule has 4 rings (SSSR count). The van der Waals surface area contributed by atoms with Crippen molar-refractivity contribution in [3.05, 3.63) is 11.6 Å². The van der Waals surface area contributed by atoms with Crippen LogP contribution in [0.2, 0.25) is 0 Å². The van der Waals surface area contributed by atoms with Gasteiger partial charge in [-0.25, -0.2) is 17.7 Å². The summed E-state index contributed by atoms with van der Waals surface area (Å²) in [6.07, 6.45) is 7.06. The SMILES string of the molecule is CCCCS(=O)(=O)N1CCC(C(=O)N2CCC(c3nc(C4CC4)n[nH]3)CC2)CC1. The predicted molar refractivity (Wildman–Crippen MR) is 110 cm³/mol. The highest BCUT2D eigenvalue weighted by Crippen LogP contribution is 2.38. The van der Waals surface area contributed by atoms with Crippen LogP contribution in [0.5, 0.6) is 0 Å². The lowest BCUT2D eigenvalue weighted by Crippen LogP contribution is -2.46. The number of nitrogens with one attached hydrogen (secondary N) is 1. The van der Waals surface area contributed by atoms with E-state index in [1.807, 2.05) is 11.8 Å². The molecule has 0 bridgehead atoms. The van der Waals surface area contributed by atoms with Crippen molar-refractivity contribution >= 4 is 15.9 Å². The van der Waals surface area contributed by atoms with Crippen molar-refractivity contribution in [1.82, 2.24) is 24.4 Å². The summed E-state index contributed by atoms with van der Waals surface area (Å²) in [6.45, 7) is 4.44. The minimum Gasteiger partial charge on any atom is -0.342 e. The smallest absolute Gasteiger partial charge is 0.225 e. The van der Waals surface area contributed by atoms with Crippen LogP contribution in [-0.2, 0) is 14.8 Å². The first kappa shape index (κ1) is 20.8. The van der Waals surface area contributed by atoms with Crippen LogP contribution in [0.15, 0.2) is 0 Å². The fourth-order valence-corrected chi connectivity index (χ4v) is 6.14. The second-order valence-electron chi connectivity index (χ2n) is 8.80. The Morgan fingerprint density at radius 2 is 1.72 bits per heavy atom. The average molecular weight is 424 g/mol. The van der Waals surface area contributed by atoms with Gasteiger partial charge in [-0.05, 0) is 44.9 Å². The third-order valence-electron chi connectivity index (χ3n) is 6.61. The predicted octanol–water partition coefficient (Wildman–Crippen LogP) is 2.23. The molecular formula is C20H33N5O3S. The minimum absolute atomic E-state index is 0.0454. The number of nitrogens with zero attached hydrogens (tertiary/aromatic N) is 4. The maximum Gasteiger partial charge on any atom is 0.225 e. The summed E-state index contributed by atoms with van der Waals surface area (Å²) in [7, 11) is -3.17. The summed E-state index contributed by atoms with van der Waals surface area (Å²) in [5, 5.41) is 7.47. The Morgan fingerprint density at radius 1 is 1.03 bits per heavy atom. The molecule has 1 aromatic heterocycles. The summed E-state index contributed by atoms with van der Waals surface area (Å²) in [4.78, 5) is 19.6. The van der Waals surface area contributed by atoms with Gasteiger partial charge in [0.15, 0.2) is 5.82 Å². The van der Waals surface area contributed by atoms with Crippen LogP contribution in [0.25, 0.3) is 0 Å². The third kappa shape index (κ3) is 4.82. The molecule has 1 aromatic rings. The Hall–Kier alpha value is -1.48. The number of carbonyl (C=O) groups excluding carboxylic acids is 1. The van der Waals surface area contributed by atoms with Crippen molar-refractivity contribution in [1.29, 1.82) is 0 Å². The number of aromatic nitrogens is 3. The number of piperidine rings is 2. The van der Waals surface area contributed by atoms with E-state index in [0.29, 0.717) is 44.2 Å². The molecule has 0 unspecified atom stereocenters. The highest BCUT2D eigenvalue weighted by molar-refractivity contribution is 7.89. The van der Waals surface area contributed by atoms with Crippen LogP contribution >= 0.6 is 0 Å².